The Hall–Kier alpha value is -3.69. The van der Waals surface area contributed by atoms with Crippen LogP contribution >= 0.6 is 23.4 Å². The van der Waals surface area contributed by atoms with Crippen LogP contribution in [0, 0.1) is 11.3 Å². The van der Waals surface area contributed by atoms with E-state index in [0.717, 1.165) is 18.5 Å². The van der Waals surface area contributed by atoms with Gasteiger partial charge in [0, 0.05) is 29.4 Å². The molecule has 1 saturated heterocycles. The summed E-state index contributed by atoms with van der Waals surface area (Å²) in [5.74, 6) is 0.0944. The second-order valence-electron chi connectivity index (χ2n) is 8.75. The molecule has 1 aromatic heterocycles. The van der Waals surface area contributed by atoms with Crippen molar-refractivity contribution in [2.75, 3.05) is 24.2 Å². The zero-order valence-electron chi connectivity index (χ0n) is 20.6. The number of benzene rings is 3. The van der Waals surface area contributed by atoms with E-state index in [9.17, 15) is 18.5 Å². The predicted molar refractivity (Wildman–Crippen MR) is 150 cm³/mol. The summed E-state index contributed by atoms with van der Waals surface area (Å²) < 4.78 is 29.7. The molecule has 1 fully saturated rings. The highest BCUT2D eigenvalue weighted by Gasteiger charge is 2.28. The van der Waals surface area contributed by atoms with Crippen molar-refractivity contribution in [3.05, 3.63) is 83.4 Å². The van der Waals surface area contributed by atoms with Crippen molar-refractivity contribution in [1.29, 1.82) is 5.26 Å². The second-order valence-corrected chi connectivity index (χ2v) is 12.1. The van der Waals surface area contributed by atoms with E-state index < -0.39 is 10.0 Å². The summed E-state index contributed by atoms with van der Waals surface area (Å²) in [4.78, 5) is 13.0. The second kappa shape index (κ2) is 11.6. The predicted octanol–water partition coefficient (Wildman–Crippen LogP) is 4.97. The molecule has 4 aromatic rings. The smallest absolute Gasteiger partial charge is 0.243 e. The van der Waals surface area contributed by atoms with Gasteiger partial charge < -0.3 is 5.32 Å². The number of thioether (sulfide) groups is 1. The van der Waals surface area contributed by atoms with Gasteiger partial charge in [0.1, 0.15) is 6.07 Å². The van der Waals surface area contributed by atoms with Crippen LogP contribution in [0.2, 0.25) is 5.02 Å². The fourth-order valence-corrected chi connectivity index (χ4v) is 6.75. The Bertz CT molecular complexity index is 1660. The Balaban J connectivity index is 1.44. The molecule has 0 bridgehead atoms. The maximum Gasteiger partial charge on any atom is 0.243 e. The highest BCUT2D eigenvalue weighted by Crippen LogP contribution is 2.31. The molecule has 1 aliphatic rings. The molecule has 198 valence electrons. The maximum atomic E-state index is 13.2. The molecule has 1 amide bonds. The molecule has 0 aliphatic carbocycles. The highest BCUT2D eigenvalue weighted by atomic mass is 35.5. The van der Waals surface area contributed by atoms with Gasteiger partial charge in [0.25, 0.3) is 0 Å². The van der Waals surface area contributed by atoms with Crippen LogP contribution in [-0.4, -0.2) is 52.2 Å². The van der Waals surface area contributed by atoms with Gasteiger partial charge in [-0.25, -0.2) is 8.42 Å². The van der Waals surface area contributed by atoms with Crippen molar-refractivity contribution >= 4 is 45.0 Å². The third-order valence-electron chi connectivity index (χ3n) is 6.15. The Labute approximate surface area is 235 Å². The molecule has 5 rings (SSSR count). The van der Waals surface area contributed by atoms with Gasteiger partial charge in [-0.1, -0.05) is 53.7 Å². The molecule has 12 heteroatoms. The van der Waals surface area contributed by atoms with Crippen LogP contribution in [0.5, 0.6) is 0 Å². The molecular formula is C27H23ClN6O3S2. The number of halogens is 1. The number of sulfonamides is 1. The van der Waals surface area contributed by atoms with Gasteiger partial charge >= 0.3 is 0 Å². The van der Waals surface area contributed by atoms with Gasteiger partial charge in [-0.3, -0.25) is 9.36 Å². The van der Waals surface area contributed by atoms with E-state index in [1.54, 1.807) is 41.0 Å². The lowest BCUT2D eigenvalue weighted by atomic mass is 10.2. The molecule has 0 spiro atoms. The summed E-state index contributed by atoms with van der Waals surface area (Å²) in [6.07, 6.45) is 1.70. The van der Waals surface area contributed by atoms with Crippen LogP contribution in [0.4, 0.5) is 5.69 Å². The highest BCUT2D eigenvalue weighted by molar-refractivity contribution is 7.99. The van der Waals surface area contributed by atoms with Gasteiger partial charge in [0.2, 0.25) is 15.9 Å². The van der Waals surface area contributed by atoms with Gasteiger partial charge in [-0.05, 0) is 55.3 Å². The zero-order chi connectivity index (χ0) is 27.4. The summed E-state index contributed by atoms with van der Waals surface area (Å²) >= 11 is 7.20. The first kappa shape index (κ1) is 26.9. The van der Waals surface area contributed by atoms with Crippen molar-refractivity contribution in [3.8, 4) is 23.1 Å². The van der Waals surface area contributed by atoms with Crippen LogP contribution in [-0.2, 0) is 14.8 Å². The van der Waals surface area contributed by atoms with Crippen molar-refractivity contribution in [1.82, 2.24) is 19.1 Å². The number of nitriles is 1. The first-order valence-corrected chi connectivity index (χ1v) is 14.9. The minimum Gasteiger partial charge on any atom is -0.324 e. The van der Waals surface area contributed by atoms with Crippen LogP contribution in [0.25, 0.3) is 17.1 Å². The largest absolute Gasteiger partial charge is 0.324 e. The first-order valence-electron chi connectivity index (χ1n) is 12.1. The number of amides is 1. The summed E-state index contributed by atoms with van der Waals surface area (Å²) in [5, 5.41) is 21.6. The van der Waals surface area contributed by atoms with Crippen molar-refractivity contribution in [2.45, 2.75) is 22.9 Å². The lowest BCUT2D eigenvalue weighted by Gasteiger charge is -2.16. The minimum atomic E-state index is -3.61. The fourth-order valence-electron chi connectivity index (χ4n) is 4.27. The van der Waals surface area contributed by atoms with Crippen molar-refractivity contribution in [3.63, 3.8) is 0 Å². The molecule has 39 heavy (non-hydrogen) atoms. The lowest BCUT2D eigenvalue weighted by Crippen LogP contribution is -2.27. The molecular weight excluding hydrogens is 556 g/mol. The summed E-state index contributed by atoms with van der Waals surface area (Å²) in [6.45, 7) is 1.03. The number of aromatic nitrogens is 3. The number of carbonyl (C=O) groups is 1. The number of nitrogens with one attached hydrogen (secondary N) is 1. The van der Waals surface area contributed by atoms with E-state index in [4.69, 9.17) is 11.6 Å². The topological polar surface area (TPSA) is 121 Å². The molecule has 9 nitrogen and oxygen atoms in total. The number of rotatable bonds is 8. The molecule has 1 N–H and O–H groups in total. The van der Waals surface area contributed by atoms with Crippen LogP contribution in [0.1, 0.15) is 18.4 Å². The van der Waals surface area contributed by atoms with Crippen LogP contribution in [0.3, 0.4) is 0 Å². The number of nitrogens with zero attached hydrogens (tertiary/aromatic N) is 5. The normalized spacial score (nSPS) is 13.7. The van der Waals surface area contributed by atoms with E-state index in [2.05, 4.69) is 15.5 Å². The molecule has 2 heterocycles. The van der Waals surface area contributed by atoms with Gasteiger partial charge in [-0.15, -0.1) is 10.2 Å². The van der Waals surface area contributed by atoms with E-state index in [1.165, 1.54) is 22.1 Å². The number of hydrogen-bond acceptors (Lipinski definition) is 7. The molecule has 3 aromatic carbocycles. The number of carbonyl (C=O) groups excluding carboxylic acids is 1. The Morgan fingerprint density at radius 2 is 1.79 bits per heavy atom. The Morgan fingerprint density at radius 3 is 2.54 bits per heavy atom. The Kier molecular flexibility index (Phi) is 7.99. The fraction of sp³-hybridized carbons (Fsp3) is 0.185. The van der Waals surface area contributed by atoms with Gasteiger partial charge in [-0.2, -0.15) is 9.57 Å². The molecule has 0 atom stereocenters. The third kappa shape index (κ3) is 5.84. The van der Waals surface area contributed by atoms with Crippen molar-refractivity contribution < 1.29 is 13.2 Å². The maximum absolute atomic E-state index is 13.2. The summed E-state index contributed by atoms with van der Waals surface area (Å²) in [7, 11) is -3.61. The zero-order valence-corrected chi connectivity index (χ0v) is 23.0. The standard InChI is InChI=1S/C27H23ClN6O3S2/c28-21-12-11-20(17-29)24(16-21)30-25(35)18-38-27-32-31-26(34(27)22-8-2-1-3-9-22)19-7-6-10-23(15-19)39(36,37)33-13-4-5-14-33/h1-3,6-12,15-16H,4-5,13-14,18H2,(H,30,35). The van der Waals surface area contributed by atoms with Crippen LogP contribution in [0.15, 0.2) is 82.8 Å². The number of anilines is 1. The van der Waals surface area contributed by atoms with Gasteiger partial charge in [0.05, 0.1) is 21.9 Å². The molecule has 0 unspecified atom stereocenters. The number of hydrogen-bond donors (Lipinski definition) is 1. The Morgan fingerprint density at radius 1 is 1.03 bits per heavy atom. The average Bonchev–Trinajstić information content (AvgIpc) is 3.64. The SMILES string of the molecule is N#Cc1ccc(Cl)cc1NC(=O)CSc1nnc(-c2cccc(S(=O)(=O)N3CCCC3)c2)n1-c1ccccc1. The van der Waals surface area contributed by atoms with E-state index >= 15 is 0 Å². The summed E-state index contributed by atoms with van der Waals surface area (Å²) in [5.41, 5.74) is 1.98. The third-order valence-corrected chi connectivity index (χ3v) is 9.21. The van der Waals surface area contributed by atoms with Crippen LogP contribution < -0.4 is 5.32 Å². The molecule has 1 aliphatic heterocycles. The molecule has 0 saturated carbocycles. The minimum absolute atomic E-state index is 0.00821. The van der Waals surface area contributed by atoms with E-state index in [0.29, 0.717) is 45.9 Å². The monoisotopic (exact) mass is 578 g/mol. The van der Waals surface area contributed by atoms with E-state index in [-0.39, 0.29) is 16.6 Å². The lowest BCUT2D eigenvalue weighted by molar-refractivity contribution is -0.113. The quantitative estimate of drug-likeness (QED) is 0.293. The first-order chi connectivity index (χ1) is 18.9. The van der Waals surface area contributed by atoms with Crippen molar-refractivity contribution in [2.24, 2.45) is 0 Å². The average molecular weight is 579 g/mol. The van der Waals surface area contributed by atoms with E-state index in [1.807, 2.05) is 36.4 Å². The number of para-hydroxylation sites is 1. The molecule has 0 radical (unpaired) electrons. The van der Waals surface area contributed by atoms with Gasteiger partial charge in [0.15, 0.2) is 11.0 Å². The summed E-state index contributed by atoms with van der Waals surface area (Å²) in [6, 6.07) is 22.8.